The van der Waals surface area contributed by atoms with E-state index in [0.29, 0.717) is 10.8 Å². The third-order valence-corrected chi connectivity index (χ3v) is 4.49. The van der Waals surface area contributed by atoms with Gasteiger partial charge in [-0.1, -0.05) is 65.7 Å². The molecule has 0 saturated carbocycles. The van der Waals surface area contributed by atoms with Gasteiger partial charge < -0.3 is 9.57 Å². The standard InChI is InChI=1S/C23H17NO5/c25-21(29-24-22(26)18-11-4-5-12-19(18)23(24)27)14-15-28-20-13-7-6-10-17(20)16-8-2-1-3-9-16/h1-13H,14-15H2. The van der Waals surface area contributed by atoms with Crippen molar-refractivity contribution in [3.63, 3.8) is 0 Å². The van der Waals surface area contributed by atoms with Crippen LogP contribution in [0.25, 0.3) is 11.1 Å². The molecule has 0 spiro atoms. The van der Waals surface area contributed by atoms with Crippen LogP contribution >= 0.6 is 0 Å². The molecule has 0 aromatic heterocycles. The second-order valence-electron chi connectivity index (χ2n) is 6.37. The predicted octanol–water partition coefficient (Wildman–Crippen LogP) is 3.88. The fraction of sp³-hybridized carbons (Fsp3) is 0.0870. The first-order valence-corrected chi connectivity index (χ1v) is 9.11. The molecule has 0 unspecified atom stereocenters. The molecule has 0 aliphatic carbocycles. The van der Waals surface area contributed by atoms with E-state index >= 15 is 0 Å². The third-order valence-electron chi connectivity index (χ3n) is 4.49. The highest BCUT2D eigenvalue weighted by atomic mass is 16.7. The molecule has 1 aliphatic heterocycles. The molecule has 144 valence electrons. The van der Waals surface area contributed by atoms with Gasteiger partial charge >= 0.3 is 5.97 Å². The Labute approximate surface area is 167 Å². The Balaban J connectivity index is 1.36. The van der Waals surface area contributed by atoms with Crippen LogP contribution < -0.4 is 4.74 Å². The zero-order chi connectivity index (χ0) is 20.2. The van der Waals surface area contributed by atoms with Crippen molar-refractivity contribution in [2.24, 2.45) is 0 Å². The number of carbonyl (C=O) groups is 3. The number of nitrogens with zero attached hydrogens (tertiary/aromatic N) is 1. The highest BCUT2D eigenvalue weighted by Gasteiger charge is 2.38. The van der Waals surface area contributed by atoms with E-state index in [-0.39, 0.29) is 24.2 Å². The summed E-state index contributed by atoms with van der Waals surface area (Å²) in [4.78, 5) is 41.6. The van der Waals surface area contributed by atoms with E-state index in [9.17, 15) is 14.4 Å². The maximum Gasteiger partial charge on any atom is 0.336 e. The summed E-state index contributed by atoms with van der Waals surface area (Å²) >= 11 is 0. The molecule has 29 heavy (non-hydrogen) atoms. The Kier molecular flexibility index (Phi) is 5.07. The van der Waals surface area contributed by atoms with Gasteiger partial charge in [0.05, 0.1) is 24.2 Å². The zero-order valence-corrected chi connectivity index (χ0v) is 15.4. The monoisotopic (exact) mass is 387 g/mol. The molecule has 0 atom stereocenters. The van der Waals surface area contributed by atoms with E-state index in [1.807, 2.05) is 54.6 Å². The van der Waals surface area contributed by atoms with Crippen molar-refractivity contribution in [2.75, 3.05) is 6.61 Å². The lowest BCUT2D eigenvalue weighted by Gasteiger charge is -2.14. The number of hydroxylamine groups is 2. The molecule has 0 saturated heterocycles. The van der Waals surface area contributed by atoms with Gasteiger partial charge in [-0.05, 0) is 23.8 Å². The number of hydrogen-bond acceptors (Lipinski definition) is 5. The van der Waals surface area contributed by atoms with E-state index in [0.717, 1.165) is 11.1 Å². The fourth-order valence-corrected chi connectivity index (χ4v) is 3.09. The second-order valence-corrected chi connectivity index (χ2v) is 6.37. The van der Waals surface area contributed by atoms with Gasteiger partial charge in [0.2, 0.25) is 0 Å². The largest absolute Gasteiger partial charge is 0.492 e. The Bertz CT molecular complexity index is 1040. The summed E-state index contributed by atoms with van der Waals surface area (Å²) in [6, 6.07) is 23.6. The van der Waals surface area contributed by atoms with Gasteiger partial charge in [0, 0.05) is 5.56 Å². The lowest BCUT2D eigenvalue weighted by molar-refractivity contribution is -0.169. The maximum absolute atomic E-state index is 12.2. The van der Waals surface area contributed by atoms with E-state index in [4.69, 9.17) is 9.57 Å². The summed E-state index contributed by atoms with van der Waals surface area (Å²) in [5.41, 5.74) is 2.34. The lowest BCUT2D eigenvalue weighted by atomic mass is 10.1. The SMILES string of the molecule is O=C(CCOc1ccccc1-c1ccccc1)ON1C(=O)c2ccccc2C1=O. The van der Waals surface area contributed by atoms with E-state index < -0.39 is 17.8 Å². The number of para-hydroxylation sites is 1. The van der Waals surface area contributed by atoms with Crippen LogP contribution in [0.5, 0.6) is 5.75 Å². The van der Waals surface area contributed by atoms with Crippen LogP contribution in [-0.4, -0.2) is 29.5 Å². The molecule has 0 bridgehead atoms. The minimum absolute atomic E-state index is 0.0475. The summed E-state index contributed by atoms with van der Waals surface area (Å²) < 4.78 is 5.75. The average Bonchev–Trinajstić information content (AvgIpc) is 3.00. The summed E-state index contributed by atoms with van der Waals surface area (Å²) in [5, 5.41) is 0.505. The van der Waals surface area contributed by atoms with Crippen LogP contribution in [0, 0.1) is 0 Å². The number of amides is 2. The topological polar surface area (TPSA) is 72.9 Å². The van der Waals surface area contributed by atoms with Crippen molar-refractivity contribution < 1.29 is 24.0 Å². The highest BCUT2D eigenvalue weighted by Crippen LogP contribution is 2.29. The van der Waals surface area contributed by atoms with Crippen LogP contribution in [0.1, 0.15) is 27.1 Å². The molecule has 0 fully saturated rings. The number of rotatable bonds is 6. The van der Waals surface area contributed by atoms with Crippen molar-refractivity contribution in [3.05, 3.63) is 90.0 Å². The first kappa shape index (κ1) is 18.4. The Hall–Kier alpha value is -3.93. The molecule has 0 N–H and O–H groups in total. The van der Waals surface area contributed by atoms with Crippen molar-refractivity contribution in [1.29, 1.82) is 0 Å². The van der Waals surface area contributed by atoms with Crippen LogP contribution in [0.2, 0.25) is 0 Å². The molecule has 6 nitrogen and oxygen atoms in total. The van der Waals surface area contributed by atoms with Crippen LogP contribution in [0.3, 0.4) is 0 Å². The van der Waals surface area contributed by atoms with Crippen molar-refractivity contribution >= 4 is 17.8 Å². The molecule has 2 amide bonds. The maximum atomic E-state index is 12.2. The Morgan fingerprint density at radius 1 is 0.724 bits per heavy atom. The highest BCUT2D eigenvalue weighted by molar-refractivity contribution is 6.20. The zero-order valence-electron chi connectivity index (χ0n) is 15.4. The van der Waals surface area contributed by atoms with Crippen LogP contribution in [0.4, 0.5) is 0 Å². The molecule has 3 aromatic carbocycles. The number of imide groups is 1. The predicted molar refractivity (Wildman–Crippen MR) is 105 cm³/mol. The smallest absolute Gasteiger partial charge is 0.336 e. The summed E-state index contributed by atoms with van der Waals surface area (Å²) in [6.45, 7) is 0.0475. The van der Waals surface area contributed by atoms with Crippen LogP contribution in [0.15, 0.2) is 78.9 Å². The van der Waals surface area contributed by atoms with Crippen molar-refractivity contribution in [3.8, 4) is 16.9 Å². The van der Waals surface area contributed by atoms with Gasteiger partial charge in [-0.25, -0.2) is 4.79 Å². The summed E-state index contributed by atoms with van der Waals surface area (Å²) in [5.74, 6) is -1.38. The van der Waals surface area contributed by atoms with Gasteiger partial charge in [-0.3, -0.25) is 9.59 Å². The van der Waals surface area contributed by atoms with Gasteiger partial charge in [0.15, 0.2) is 0 Å². The molecule has 4 rings (SSSR count). The first-order chi connectivity index (χ1) is 14.1. The number of carbonyl (C=O) groups excluding carboxylic acids is 3. The Morgan fingerprint density at radius 3 is 1.93 bits per heavy atom. The number of fused-ring (bicyclic) bond motifs is 1. The summed E-state index contributed by atoms with van der Waals surface area (Å²) in [6.07, 6.45) is -0.115. The molecule has 1 aliphatic rings. The first-order valence-electron chi connectivity index (χ1n) is 9.11. The second kappa shape index (κ2) is 7.98. The lowest BCUT2D eigenvalue weighted by Crippen LogP contribution is -2.33. The summed E-state index contributed by atoms with van der Waals surface area (Å²) in [7, 11) is 0. The molecule has 1 heterocycles. The van der Waals surface area contributed by atoms with E-state index in [1.54, 1.807) is 12.1 Å². The minimum atomic E-state index is -0.725. The van der Waals surface area contributed by atoms with Crippen molar-refractivity contribution in [1.82, 2.24) is 5.06 Å². The van der Waals surface area contributed by atoms with E-state index in [1.165, 1.54) is 12.1 Å². The molecular formula is C23H17NO5. The Morgan fingerprint density at radius 2 is 1.28 bits per heavy atom. The van der Waals surface area contributed by atoms with Crippen molar-refractivity contribution in [2.45, 2.75) is 6.42 Å². The third kappa shape index (κ3) is 3.73. The van der Waals surface area contributed by atoms with Gasteiger partial charge in [0.25, 0.3) is 11.8 Å². The molecule has 0 radical (unpaired) electrons. The van der Waals surface area contributed by atoms with E-state index in [2.05, 4.69) is 0 Å². The molecule has 6 heteroatoms. The quantitative estimate of drug-likeness (QED) is 0.600. The normalized spacial score (nSPS) is 12.6. The number of hydrogen-bond donors (Lipinski definition) is 0. The van der Waals surface area contributed by atoms with Gasteiger partial charge in [0.1, 0.15) is 5.75 Å². The average molecular weight is 387 g/mol. The number of ether oxygens (including phenoxy) is 1. The minimum Gasteiger partial charge on any atom is -0.492 e. The number of benzene rings is 3. The molecular weight excluding hydrogens is 370 g/mol. The fourth-order valence-electron chi connectivity index (χ4n) is 3.09. The van der Waals surface area contributed by atoms with Crippen LogP contribution in [-0.2, 0) is 9.63 Å². The molecule has 3 aromatic rings. The van der Waals surface area contributed by atoms with Gasteiger partial charge in [-0.2, -0.15) is 0 Å². The van der Waals surface area contributed by atoms with Gasteiger partial charge in [-0.15, -0.1) is 0 Å².